The van der Waals surface area contributed by atoms with Crippen LogP contribution in [0.3, 0.4) is 0 Å². The third kappa shape index (κ3) is 5.09. The molecule has 138 valence electrons. The Balaban J connectivity index is 2.07. The van der Waals surface area contributed by atoms with Gasteiger partial charge in [-0.05, 0) is 39.0 Å². The lowest BCUT2D eigenvalue weighted by Gasteiger charge is -2.34. The van der Waals surface area contributed by atoms with Gasteiger partial charge in [-0.2, -0.15) is 0 Å². The van der Waals surface area contributed by atoms with Crippen LogP contribution in [0.1, 0.15) is 31.1 Å². The van der Waals surface area contributed by atoms with Gasteiger partial charge in [0.05, 0.1) is 7.11 Å². The van der Waals surface area contributed by atoms with Gasteiger partial charge in [-0.3, -0.25) is 9.59 Å². The third-order valence-corrected chi connectivity index (χ3v) is 3.98. The normalized spacial score (nSPS) is 17.3. The molecule has 7 heteroatoms. The number of benzene rings is 1. The van der Waals surface area contributed by atoms with Gasteiger partial charge in [-0.25, -0.2) is 0 Å². The number of amides is 2. The predicted octanol–water partition coefficient (Wildman–Crippen LogP) is 1.03. The molecule has 1 aliphatic heterocycles. The Morgan fingerprint density at radius 1 is 1.36 bits per heavy atom. The zero-order valence-electron chi connectivity index (χ0n) is 15.3. The zero-order chi connectivity index (χ0) is 18.4. The lowest BCUT2D eigenvalue weighted by Crippen LogP contribution is -2.52. The molecule has 0 spiro atoms. The average Bonchev–Trinajstić information content (AvgIpc) is 2.59. The van der Waals surface area contributed by atoms with Crippen LogP contribution in [0, 0.1) is 0 Å². The number of carbonyl (C=O) groups is 2. The molecule has 7 nitrogen and oxygen atoms in total. The van der Waals surface area contributed by atoms with Gasteiger partial charge in [0.25, 0.3) is 11.8 Å². The fraction of sp³-hybridized carbons (Fsp3) is 0.556. The minimum Gasteiger partial charge on any atom is -0.493 e. The Morgan fingerprint density at radius 2 is 2.12 bits per heavy atom. The number of piperazine rings is 1. The van der Waals surface area contributed by atoms with Gasteiger partial charge >= 0.3 is 0 Å². The first-order chi connectivity index (χ1) is 11.9. The van der Waals surface area contributed by atoms with Crippen LogP contribution in [-0.4, -0.2) is 62.1 Å². The standard InChI is InChI=1S/C18H27N3O4/c1-12(2)20-17(22)11-25-15-6-5-14(9-16(15)24-4)18(23)21-8-7-19-10-13(21)3/h5-6,9,12-13,19H,7-8,10-11H2,1-4H3,(H,20,22). The van der Waals surface area contributed by atoms with Gasteiger partial charge in [0.1, 0.15) is 0 Å². The second-order valence-electron chi connectivity index (χ2n) is 6.43. The van der Waals surface area contributed by atoms with Crippen molar-refractivity contribution in [2.45, 2.75) is 32.9 Å². The highest BCUT2D eigenvalue weighted by Gasteiger charge is 2.24. The molecule has 0 radical (unpaired) electrons. The molecular formula is C18H27N3O4. The van der Waals surface area contributed by atoms with Crippen molar-refractivity contribution >= 4 is 11.8 Å². The lowest BCUT2D eigenvalue weighted by molar-refractivity contribution is -0.123. The molecule has 0 aromatic heterocycles. The van der Waals surface area contributed by atoms with Crippen LogP contribution < -0.4 is 20.1 Å². The second-order valence-corrected chi connectivity index (χ2v) is 6.43. The molecule has 1 aromatic rings. The van der Waals surface area contributed by atoms with Crippen LogP contribution >= 0.6 is 0 Å². The molecule has 2 N–H and O–H groups in total. The van der Waals surface area contributed by atoms with Gasteiger partial charge in [0.2, 0.25) is 0 Å². The molecule has 1 fully saturated rings. The van der Waals surface area contributed by atoms with E-state index >= 15 is 0 Å². The molecule has 0 saturated carbocycles. The van der Waals surface area contributed by atoms with E-state index in [1.807, 2.05) is 25.7 Å². The Kier molecular flexibility index (Phi) is 6.64. The SMILES string of the molecule is COc1cc(C(=O)N2CCNCC2C)ccc1OCC(=O)NC(C)C. The first-order valence-electron chi connectivity index (χ1n) is 8.54. The van der Waals surface area contributed by atoms with E-state index in [9.17, 15) is 9.59 Å². The van der Waals surface area contributed by atoms with Crippen LogP contribution in [-0.2, 0) is 4.79 Å². The van der Waals surface area contributed by atoms with E-state index in [4.69, 9.17) is 9.47 Å². The van der Waals surface area contributed by atoms with Crippen molar-refractivity contribution in [3.8, 4) is 11.5 Å². The molecule has 1 aromatic carbocycles. The summed E-state index contributed by atoms with van der Waals surface area (Å²) < 4.78 is 10.8. The van der Waals surface area contributed by atoms with Gasteiger partial charge in [0, 0.05) is 37.3 Å². The van der Waals surface area contributed by atoms with Gasteiger partial charge in [-0.1, -0.05) is 0 Å². The Morgan fingerprint density at radius 3 is 2.76 bits per heavy atom. The van der Waals surface area contributed by atoms with Crippen molar-refractivity contribution in [1.82, 2.24) is 15.5 Å². The maximum atomic E-state index is 12.7. The zero-order valence-corrected chi connectivity index (χ0v) is 15.3. The molecule has 25 heavy (non-hydrogen) atoms. The van der Waals surface area contributed by atoms with E-state index in [0.29, 0.717) is 23.6 Å². The Bertz CT molecular complexity index is 618. The highest BCUT2D eigenvalue weighted by Crippen LogP contribution is 2.29. The summed E-state index contributed by atoms with van der Waals surface area (Å²) in [6.45, 7) is 7.94. The lowest BCUT2D eigenvalue weighted by atomic mass is 10.1. The largest absolute Gasteiger partial charge is 0.493 e. The Hall–Kier alpha value is -2.28. The van der Waals surface area contributed by atoms with Crippen molar-refractivity contribution in [2.75, 3.05) is 33.4 Å². The van der Waals surface area contributed by atoms with Crippen molar-refractivity contribution in [2.24, 2.45) is 0 Å². The number of methoxy groups -OCH3 is 1. The summed E-state index contributed by atoms with van der Waals surface area (Å²) in [5, 5.41) is 6.02. The highest BCUT2D eigenvalue weighted by molar-refractivity contribution is 5.95. The molecule has 0 bridgehead atoms. The number of ether oxygens (including phenoxy) is 2. The van der Waals surface area contributed by atoms with E-state index in [-0.39, 0.29) is 30.5 Å². The molecule has 0 aliphatic carbocycles. The van der Waals surface area contributed by atoms with Crippen LogP contribution in [0.4, 0.5) is 0 Å². The number of hydrogen-bond donors (Lipinski definition) is 2. The van der Waals surface area contributed by atoms with Crippen molar-refractivity contribution in [1.29, 1.82) is 0 Å². The fourth-order valence-corrected chi connectivity index (χ4v) is 2.74. The smallest absolute Gasteiger partial charge is 0.258 e. The fourth-order valence-electron chi connectivity index (χ4n) is 2.74. The van der Waals surface area contributed by atoms with Crippen molar-refractivity contribution in [3.63, 3.8) is 0 Å². The van der Waals surface area contributed by atoms with Gasteiger partial charge in [0.15, 0.2) is 18.1 Å². The van der Waals surface area contributed by atoms with E-state index in [1.165, 1.54) is 7.11 Å². The van der Waals surface area contributed by atoms with Gasteiger partial charge in [-0.15, -0.1) is 0 Å². The molecule has 1 saturated heterocycles. The minimum absolute atomic E-state index is 0.0311. The third-order valence-electron chi connectivity index (χ3n) is 3.98. The molecule has 2 amide bonds. The maximum Gasteiger partial charge on any atom is 0.258 e. The number of nitrogens with zero attached hydrogens (tertiary/aromatic N) is 1. The summed E-state index contributed by atoms with van der Waals surface area (Å²) in [6.07, 6.45) is 0. The number of nitrogens with one attached hydrogen (secondary N) is 2. The topological polar surface area (TPSA) is 79.9 Å². The van der Waals surface area contributed by atoms with Crippen LogP contribution in [0.25, 0.3) is 0 Å². The minimum atomic E-state index is -0.202. The average molecular weight is 349 g/mol. The molecule has 1 heterocycles. The van der Waals surface area contributed by atoms with Gasteiger partial charge < -0.3 is 25.0 Å². The monoisotopic (exact) mass is 349 g/mol. The van der Waals surface area contributed by atoms with E-state index in [1.54, 1.807) is 18.2 Å². The first-order valence-corrected chi connectivity index (χ1v) is 8.54. The summed E-state index contributed by atoms with van der Waals surface area (Å²) in [7, 11) is 1.51. The van der Waals surface area contributed by atoms with Crippen LogP contribution in [0.5, 0.6) is 11.5 Å². The molecule has 1 aliphatic rings. The quantitative estimate of drug-likeness (QED) is 0.802. The van der Waals surface area contributed by atoms with E-state index in [0.717, 1.165) is 13.1 Å². The molecule has 1 unspecified atom stereocenters. The second kappa shape index (κ2) is 8.71. The first kappa shape index (κ1) is 19.1. The summed E-state index contributed by atoms with van der Waals surface area (Å²) >= 11 is 0. The summed E-state index contributed by atoms with van der Waals surface area (Å²) in [4.78, 5) is 26.3. The van der Waals surface area contributed by atoms with E-state index < -0.39 is 0 Å². The van der Waals surface area contributed by atoms with Crippen LogP contribution in [0.2, 0.25) is 0 Å². The number of hydrogen-bond acceptors (Lipinski definition) is 5. The summed E-state index contributed by atoms with van der Waals surface area (Å²) in [5.41, 5.74) is 0.546. The number of carbonyl (C=O) groups excluding carboxylic acids is 2. The summed E-state index contributed by atoms with van der Waals surface area (Å²) in [6, 6.07) is 5.23. The number of rotatable bonds is 6. The molecule has 1 atom stereocenters. The molecule has 2 rings (SSSR count). The maximum absolute atomic E-state index is 12.7. The van der Waals surface area contributed by atoms with Crippen LogP contribution in [0.15, 0.2) is 18.2 Å². The van der Waals surface area contributed by atoms with Crippen molar-refractivity contribution in [3.05, 3.63) is 23.8 Å². The highest BCUT2D eigenvalue weighted by atomic mass is 16.5. The summed E-state index contributed by atoms with van der Waals surface area (Å²) in [5.74, 6) is 0.639. The Labute approximate surface area is 148 Å². The molecular weight excluding hydrogens is 322 g/mol. The van der Waals surface area contributed by atoms with E-state index in [2.05, 4.69) is 10.6 Å². The van der Waals surface area contributed by atoms with Crippen molar-refractivity contribution < 1.29 is 19.1 Å². The predicted molar refractivity (Wildman–Crippen MR) is 95.1 cm³/mol.